The Bertz CT molecular complexity index is 1370. The SMILES string of the molecule is C=CCn1cc(-c2cn(S(=O)(=O)C3CC3)c3cc(-c4c(C)noc4C)cnc23)cn1. The predicted molar refractivity (Wildman–Crippen MR) is 113 cm³/mol. The number of hydrogen-bond donors (Lipinski definition) is 0. The van der Waals surface area contributed by atoms with Gasteiger partial charge in [0.15, 0.2) is 0 Å². The molecule has 5 rings (SSSR count). The fourth-order valence-corrected chi connectivity index (χ4v) is 5.51. The molecule has 0 saturated heterocycles. The normalized spacial score (nSPS) is 14.5. The Morgan fingerprint density at radius 1 is 1.23 bits per heavy atom. The lowest BCUT2D eigenvalue weighted by atomic mass is 10.1. The molecule has 0 amide bonds. The smallest absolute Gasteiger partial charge is 0.241 e. The quantitative estimate of drug-likeness (QED) is 0.439. The second kappa shape index (κ2) is 6.66. The van der Waals surface area contributed by atoms with Gasteiger partial charge in [-0.1, -0.05) is 11.2 Å². The average Bonchev–Trinajstić information content (AvgIpc) is 3.25. The maximum absolute atomic E-state index is 13.2. The largest absolute Gasteiger partial charge is 0.361 e. The molecule has 0 bridgehead atoms. The van der Waals surface area contributed by atoms with Crippen molar-refractivity contribution in [3.63, 3.8) is 0 Å². The van der Waals surface area contributed by atoms with E-state index >= 15 is 0 Å². The number of allylic oxidation sites excluding steroid dienone is 1. The fourth-order valence-electron chi connectivity index (χ4n) is 3.79. The highest BCUT2D eigenvalue weighted by molar-refractivity contribution is 7.91. The summed E-state index contributed by atoms with van der Waals surface area (Å²) in [6.07, 6.45) is 10.1. The summed E-state index contributed by atoms with van der Waals surface area (Å²) in [5, 5.41) is 8.00. The molecule has 0 atom stereocenters. The van der Waals surface area contributed by atoms with Gasteiger partial charge in [0, 0.05) is 40.8 Å². The van der Waals surface area contributed by atoms with Crippen LogP contribution in [0.15, 0.2) is 48.0 Å². The summed E-state index contributed by atoms with van der Waals surface area (Å²) in [4.78, 5) is 4.65. The van der Waals surface area contributed by atoms with E-state index in [1.54, 1.807) is 29.3 Å². The zero-order valence-corrected chi connectivity index (χ0v) is 17.6. The monoisotopic (exact) mass is 423 g/mol. The van der Waals surface area contributed by atoms with Crippen molar-refractivity contribution in [2.45, 2.75) is 38.5 Å². The Labute approximate surface area is 173 Å². The molecule has 4 aromatic rings. The Morgan fingerprint density at radius 2 is 2.03 bits per heavy atom. The third kappa shape index (κ3) is 2.88. The van der Waals surface area contributed by atoms with Crippen molar-refractivity contribution in [2.24, 2.45) is 0 Å². The Balaban J connectivity index is 1.75. The van der Waals surface area contributed by atoms with Crippen molar-refractivity contribution in [2.75, 3.05) is 0 Å². The molecule has 154 valence electrons. The van der Waals surface area contributed by atoms with Crippen LogP contribution in [0, 0.1) is 13.8 Å². The van der Waals surface area contributed by atoms with E-state index < -0.39 is 10.0 Å². The van der Waals surface area contributed by atoms with Gasteiger partial charge in [0.2, 0.25) is 10.0 Å². The maximum atomic E-state index is 13.2. The lowest BCUT2D eigenvalue weighted by Crippen LogP contribution is -2.16. The highest BCUT2D eigenvalue weighted by Crippen LogP contribution is 2.38. The highest BCUT2D eigenvalue weighted by atomic mass is 32.2. The topological polar surface area (TPSA) is 95.8 Å². The molecular formula is C21H21N5O3S. The molecule has 8 nitrogen and oxygen atoms in total. The van der Waals surface area contributed by atoms with Crippen LogP contribution in [0.3, 0.4) is 0 Å². The van der Waals surface area contributed by atoms with Gasteiger partial charge >= 0.3 is 0 Å². The van der Waals surface area contributed by atoms with E-state index in [4.69, 9.17) is 4.52 Å². The Kier molecular flexibility index (Phi) is 4.18. The molecule has 0 unspecified atom stereocenters. The lowest BCUT2D eigenvalue weighted by Gasteiger charge is -2.07. The summed E-state index contributed by atoms with van der Waals surface area (Å²) < 4.78 is 34.7. The molecule has 0 N–H and O–H groups in total. The van der Waals surface area contributed by atoms with Gasteiger partial charge in [0.25, 0.3) is 0 Å². The number of pyridine rings is 1. The van der Waals surface area contributed by atoms with Crippen LogP contribution in [-0.4, -0.2) is 37.6 Å². The molecule has 1 saturated carbocycles. The minimum absolute atomic E-state index is 0.341. The molecule has 4 heterocycles. The number of nitrogens with zero attached hydrogens (tertiary/aromatic N) is 5. The van der Waals surface area contributed by atoms with Crippen molar-refractivity contribution in [1.82, 2.24) is 23.9 Å². The van der Waals surface area contributed by atoms with Crippen LogP contribution in [0.25, 0.3) is 33.3 Å². The zero-order chi connectivity index (χ0) is 21.0. The number of aryl methyl sites for hydroxylation is 2. The molecule has 0 radical (unpaired) electrons. The molecule has 1 aliphatic carbocycles. The number of hydrogen-bond acceptors (Lipinski definition) is 6. The van der Waals surface area contributed by atoms with Crippen LogP contribution in [0.4, 0.5) is 0 Å². The molecule has 1 fully saturated rings. The number of fused-ring (bicyclic) bond motifs is 1. The Hall–Kier alpha value is -3.20. The molecular weight excluding hydrogens is 402 g/mol. The van der Waals surface area contributed by atoms with Crippen LogP contribution >= 0.6 is 0 Å². The molecule has 30 heavy (non-hydrogen) atoms. The molecule has 0 aliphatic heterocycles. The molecule has 9 heteroatoms. The first-order chi connectivity index (χ1) is 14.4. The highest BCUT2D eigenvalue weighted by Gasteiger charge is 2.38. The third-order valence-corrected chi connectivity index (χ3v) is 7.57. The van der Waals surface area contributed by atoms with E-state index in [0.29, 0.717) is 36.2 Å². The van der Waals surface area contributed by atoms with E-state index in [1.807, 2.05) is 26.1 Å². The summed E-state index contributed by atoms with van der Waals surface area (Å²) in [5.74, 6) is 0.669. The van der Waals surface area contributed by atoms with Gasteiger partial charge in [-0.05, 0) is 32.8 Å². The van der Waals surface area contributed by atoms with Crippen molar-refractivity contribution in [3.8, 4) is 22.3 Å². The summed E-state index contributed by atoms with van der Waals surface area (Å²) in [5.41, 5.74) is 5.06. The average molecular weight is 423 g/mol. The fraction of sp³-hybridized carbons (Fsp3) is 0.286. The lowest BCUT2D eigenvalue weighted by molar-refractivity contribution is 0.393. The first-order valence-corrected chi connectivity index (χ1v) is 11.2. The minimum Gasteiger partial charge on any atom is -0.361 e. The van der Waals surface area contributed by atoms with Crippen molar-refractivity contribution < 1.29 is 12.9 Å². The van der Waals surface area contributed by atoms with Crippen LogP contribution in [0.5, 0.6) is 0 Å². The van der Waals surface area contributed by atoms with Gasteiger partial charge < -0.3 is 4.52 Å². The Morgan fingerprint density at radius 3 is 2.70 bits per heavy atom. The number of aromatic nitrogens is 5. The van der Waals surface area contributed by atoms with Crippen LogP contribution in [-0.2, 0) is 16.6 Å². The second-order valence-electron chi connectivity index (χ2n) is 7.61. The minimum atomic E-state index is -3.49. The molecule has 4 aromatic heterocycles. The van der Waals surface area contributed by atoms with Gasteiger partial charge in [-0.2, -0.15) is 5.10 Å². The van der Waals surface area contributed by atoms with Gasteiger partial charge in [0.05, 0.1) is 34.7 Å². The standard InChI is InChI=1S/C21H21N5O3S/c1-4-7-25-11-16(10-23-25)18-12-26(30(27,28)17-5-6-17)19-8-15(9-22-21(18)19)20-13(2)24-29-14(20)3/h4,8-12,17H,1,5-7H2,2-3H3. The summed E-state index contributed by atoms with van der Waals surface area (Å²) in [6, 6.07) is 1.85. The van der Waals surface area contributed by atoms with Gasteiger partial charge in [-0.25, -0.2) is 12.4 Å². The molecule has 1 aliphatic rings. The second-order valence-corrected chi connectivity index (χ2v) is 9.70. The van der Waals surface area contributed by atoms with E-state index in [-0.39, 0.29) is 5.25 Å². The first kappa shape index (κ1) is 18.8. The number of rotatable bonds is 6. The third-order valence-electron chi connectivity index (χ3n) is 5.41. The van der Waals surface area contributed by atoms with Crippen LogP contribution in [0.2, 0.25) is 0 Å². The van der Waals surface area contributed by atoms with E-state index in [2.05, 4.69) is 21.8 Å². The van der Waals surface area contributed by atoms with Crippen molar-refractivity contribution in [3.05, 3.63) is 55.0 Å². The first-order valence-electron chi connectivity index (χ1n) is 9.72. The summed E-state index contributed by atoms with van der Waals surface area (Å²) in [6.45, 7) is 7.99. The van der Waals surface area contributed by atoms with E-state index in [1.165, 1.54) is 3.97 Å². The molecule has 0 aromatic carbocycles. The van der Waals surface area contributed by atoms with Crippen LogP contribution in [0.1, 0.15) is 24.3 Å². The van der Waals surface area contributed by atoms with Crippen molar-refractivity contribution in [1.29, 1.82) is 0 Å². The van der Waals surface area contributed by atoms with E-state index in [9.17, 15) is 8.42 Å². The predicted octanol–water partition coefficient (Wildman–Crippen LogP) is 3.70. The van der Waals surface area contributed by atoms with Gasteiger partial charge in [0.1, 0.15) is 5.76 Å². The zero-order valence-electron chi connectivity index (χ0n) is 16.7. The summed E-state index contributed by atoms with van der Waals surface area (Å²) >= 11 is 0. The van der Waals surface area contributed by atoms with Gasteiger partial charge in [-0.15, -0.1) is 6.58 Å². The maximum Gasteiger partial charge on any atom is 0.241 e. The van der Waals surface area contributed by atoms with Crippen LogP contribution < -0.4 is 0 Å². The van der Waals surface area contributed by atoms with Gasteiger partial charge in [-0.3, -0.25) is 9.67 Å². The molecule has 0 spiro atoms. The van der Waals surface area contributed by atoms with Crippen molar-refractivity contribution >= 4 is 21.1 Å². The van der Waals surface area contributed by atoms with E-state index in [0.717, 1.165) is 27.9 Å². The summed E-state index contributed by atoms with van der Waals surface area (Å²) in [7, 11) is -3.49.